The van der Waals surface area contributed by atoms with E-state index in [-0.39, 0.29) is 11.3 Å². The summed E-state index contributed by atoms with van der Waals surface area (Å²) in [6.07, 6.45) is 5.34. The lowest BCUT2D eigenvalue weighted by Crippen LogP contribution is -2.47. The molecule has 1 heterocycles. The second-order valence-corrected chi connectivity index (χ2v) is 6.32. The highest BCUT2D eigenvalue weighted by Gasteiger charge is 2.43. The highest BCUT2D eigenvalue weighted by atomic mass is 16.2. The largest absolute Gasteiger partial charge is 0.351 e. The molecule has 1 saturated heterocycles. The van der Waals surface area contributed by atoms with Gasteiger partial charge in [-0.05, 0) is 38.3 Å². The van der Waals surface area contributed by atoms with Crippen LogP contribution in [0.5, 0.6) is 0 Å². The molecule has 3 rings (SSSR count). The van der Waals surface area contributed by atoms with Gasteiger partial charge in [0.05, 0.1) is 5.41 Å². The van der Waals surface area contributed by atoms with Crippen molar-refractivity contribution in [1.29, 1.82) is 0 Å². The maximum absolute atomic E-state index is 12.9. The predicted octanol–water partition coefficient (Wildman–Crippen LogP) is 2.28. The zero-order chi connectivity index (χ0) is 14.0. The Balaban J connectivity index is 1.85. The van der Waals surface area contributed by atoms with Crippen LogP contribution in [0.4, 0.5) is 0 Å². The number of carbonyl (C=O) groups excluding carboxylic acids is 1. The van der Waals surface area contributed by atoms with Gasteiger partial charge in [0.25, 0.3) is 0 Å². The number of rotatable bonds is 3. The Labute approximate surface area is 121 Å². The van der Waals surface area contributed by atoms with Crippen LogP contribution in [0, 0.1) is 6.92 Å². The molecule has 1 unspecified atom stereocenters. The average molecular weight is 272 g/mol. The summed E-state index contributed by atoms with van der Waals surface area (Å²) in [5, 5.41) is 6.59. The fraction of sp³-hybridized carbons (Fsp3) is 0.588. The van der Waals surface area contributed by atoms with Crippen LogP contribution in [0.15, 0.2) is 24.3 Å². The van der Waals surface area contributed by atoms with E-state index in [1.165, 1.54) is 11.1 Å². The number of nitrogens with one attached hydrogen (secondary N) is 2. The molecule has 0 spiro atoms. The Kier molecular flexibility index (Phi) is 3.79. The molecule has 2 aliphatic rings. The number of amides is 1. The summed E-state index contributed by atoms with van der Waals surface area (Å²) < 4.78 is 0. The molecule has 1 aliphatic carbocycles. The zero-order valence-corrected chi connectivity index (χ0v) is 12.2. The quantitative estimate of drug-likeness (QED) is 0.886. The van der Waals surface area contributed by atoms with E-state index in [9.17, 15) is 4.79 Å². The van der Waals surface area contributed by atoms with E-state index in [1.807, 2.05) is 0 Å². The van der Waals surface area contributed by atoms with Gasteiger partial charge in [-0.2, -0.15) is 0 Å². The number of hydrogen-bond donors (Lipinski definition) is 2. The summed E-state index contributed by atoms with van der Waals surface area (Å²) in [6.45, 7) is 4.03. The van der Waals surface area contributed by atoms with Crippen molar-refractivity contribution in [3.05, 3.63) is 35.4 Å². The minimum absolute atomic E-state index is 0.245. The predicted molar refractivity (Wildman–Crippen MR) is 80.7 cm³/mol. The molecular weight excluding hydrogens is 248 g/mol. The van der Waals surface area contributed by atoms with Crippen molar-refractivity contribution in [2.75, 3.05) is 13.1 Å². The molecule has 0 bridgehead atoms. The molecule has 108 valence electrons. The lowest BCUT2D eigenvalue weighted by atomic mass is 9.77. The Morgan fingerprint density at radius 2 is 2.15 bits per heavy atom. The third kappa shape index (κ3) is 2.47. The van der Waals surface area contributed by atoms with Gasteiger partial charge < -0.3 is 10.6 Å². The van der Waals surface area contributed by atoms with Gasteiger partial charge in [0.2, 0.25) is 5.91 Å². The van der Waals surface area contributed by atoms with Crippen LogP contribution in [0.2, 0.25) is 0 Å². The van der Waals surface area contributed by atoms with Crippen molar-refractivity contribution in [2.24, 2.45) is 0 Å². The van der Waals surface area contributed by atoms with Gasteiger partial charge in [0.15, 0.2) is 0 Å². The normalized spacial score (nSPS) is 24.8. The molecule has 2 fully saturated rings. The van der Waals surface area contributed by atoms with E-state index in [1.54, 1.807) is 0 Å². The fourth-order valence-corrected chi connectivity index (χ4v) is 3.67. The molecule has 3 heteroatoms. The van der Waals surface area contributed by atoms with Gasteiger partial charge in [-0.3, -0.25) is 4.79 Å². The van der Waals surface area contributed by atoms with Crippen LogP contribution in [0.1, 0.15) is 43.2 Å². The molecule has 1 saturated carbocycles. The van der Waals surface area contributed by atoms with Crippen molar-refractivity contribution in [2.45, 2.75) is 50.5 Å². The first-order valence-corrected chi connectivity index (χ1v) is 7.79. The molecule has 1 amide bonds. The van der Waals surface area contributed by atoms with Crippen molar-refractivity contribution < 1.29 is 4.79 Å². The van der Waals surface area contributed by atoms with E-state index >= 15 is 0 Å². The molecule has 2 N–H and O–H groups in total. The summed E-state index contributed by atoms with van der Waals surface area (Å²) in [6, 6.07) is 8.81. The maximum Gasteiger partial charge on any atom is 0.230 e. The smallest absolute Gasteiger partial charge is 0.230 e. The van der Waals surface area contributed by atoms with Crippen LogP contribution >= 0.6 is 0 Å². The zero-order valence-electron chi connectivity index (χ0n) is 12.2. The number of benzene rings is 1. The molecule has 1 atom stereocenters. The lowest BCUT2D eigenvalue weighted by molar-refractivity contribution is -0.127. The molecular formula is C17H24N2O. The van der Waals surface area contributed by atoms with Crippen molar-refractivity contribution in [3.63, 3.8) is 0 Å². The number of carbonyl (C=O) groups is 1. The number of aryl methyl sites for hydroxylation is 1. The Bertz CT molecular complexity index is 486. The van der Waals surface area contributed by atoms with Crippen LogP contribution < -0.4 is 10.6 Å². The van der Waals surface area contributed by atoms with E-state index < -0.39 is 0 Å². The summed E-state index contributed by atoms with van der Waals surface area (Å²) >= 11 is 0. The summed E-state index contributed by atoms with van der Waals surface area (Å²) in [5.41, 5.74) is 2.16. The second-order valence-electron chi connectivity index (χ2n) is 6.32. The molecule has 0 aromatic heterocycles. The van der Waals surface area contributed by atoms with Gasteiger partial charge in [-0.1, -0.05) is 42.7 Å². The van der Waals surface area contributed by atoms with E-state index in [0.29, 0.717) is 6.04 Å². The standard InChI is InChI=1S/C17H24N2O/c1-13-5-4-6-14(11-13)17(8-2-3-9-17)16(20)19-15-7-10-18-12-15/h4-6,11,15,18H,2-3,7-10,12H2,1H3,(H,19,20). The first-order valence-electron chi connectivity index (χ1n) is 7.79. The Hall–Kier alpha value is -1.35. The topological polar surface area (TPSA) is 41.1 Å². The summed E-state index contributed by atoms with van der Waals surface area (Å²) in [7, 11) is 0. The maximum atomic E-state index is 12.9. The van der Waals surface area contributed by atoms with Gasteiger partial charge in [0.1, 0.15) is 0 Å². The van der Waals surface area contributed by atoms with E-state index in [4.69, 9.17) is 0 Å². The van der Waals surface area contributed by atoms with Crippen LogP contribution in [0.25, 0.3) is 0 Å². The summed E-state index contributed by atoms with van der Waals surface area (Å²) in [4.78, 5) is 12.9. The Morgan fingerprint density at radius 3 is 2.80 bits per heavy atom. The summed E-state index contributed by atoms with van der Waals surface area (Å²) in [5.74, 6) is 0.245. The number of hydrogen-bond acceptors (Lipinski definition) is 2. The van der Waals surface area contributed by atoms with Gasteiger partial charge in [0, 0.05) is 12.6 Å². The van der Waals surface area contributed by atoms with Gasteiger partial charge >= 0.3 is 0 Å². The monoisotopic (exact) mass is 272 g/mol. The molecule has 1 aromatic carbocycles. The minimum atomic E-state index is -0.283. The minimum Gasteiger partial charge on any atom is -0.351 e. The molecule has 20 heavy (non-hydrogen) atoms. The average Bonchev–Trinajstić information content (AvgIpc) is 3.10. The van der Waals surface area contributed by atoms with E-state index in [0.717, 1.165) is 45.2 Å². The first kappa shape index (κ1) is 13.6. The highest BCUT2D eigenvalue weighted by molar-refractivity contribution is 5.89. The third-order valence-electron chi connectivity index (χ3n) is 4.86. The van der Waals surface area contributed by atoms with Crippen LogP contribution in [-0.2, 0) is 10.2 Å². The SMILES string of the molecule is Cc1cccc(C2(C(=O)NC3CCNC3)CCCC2)c1. The fourth-order valence-electron chi connectivity index (χ4n) is 3.67. The van der Waals surface area contributed by atoms with Gasteiger partial charge in [-0.25, -0.2) is 0 Å². The molecule has 1 aromatic rings. The van der Waals surface area contributed by atoms with Crippen molar-refractivity contribution in [3.8, 4) is 0 Å². The van der Waals surface area contributed by atoms with Crippen LogP contribution in [0.3, 0.4) is 0 Å². The molecule has 0 radical (unpaired) electrons. The third-order valence-corrected chi connectivity index (χ3v) is 4.86. The van der Waals surface area contributed by atoms with Gasteiger partial charge in [-0.15, -0.1) is 0 Å². The van der Waals surface area contributed by atoms with Crippen molar-refractivity contribution >= 4 is 5.91 Å². The van der Waals surface area contributed by atoms with Crippen molar-refractivity contribution in [1.82, 2.24) is 10.6 Å². The highest BCUT2D eigenvalue weighted by Crippen LogP contribution is 2.41. The van der Waals surface area contributed by atoms with E-state index in [2.05, 4.69) is 41.8 Å². The molecule has 3 nitrogen and oxygen atoms in total. The molecule has 1 aliphatic heterocycles. The Morgan fingerprint density at radius 1 is 1.35 bits per heavy atom. The van der Waals surface area contributed by atoms with Crippen LogP contribution in [-0.4, -0.2) is 25.0 Å². The first-order chi connectivity index (χ1) is 9.71. The lowest BCUT2D eigenvalue weighted by Gasteiger charge is -2.30. The second kappa shape index (κ2) is 5.57.